The zero-order chi connectivity index (χ0) is 17.8. The summed E-state index contributed by atoms with van der Waals surface area (Å²) >= 11 is 0. The van der Waals surface area contributed by atoms with Crippen LogP contribution in [0, 0.1) is 12.7 Å². The fourth-order valence-corrected chi connectivity index (χ4v) is 2.97. The van der Waals surface area contributed by atoms with E-state index in [-0.39, 0.29) is 0 Å². The molecule has 0 saturated heterocycles. The van der Waals surface area contributed by atoms with Gasteiger partial charge in [-0.1, -0.05) is 52.4 Å². The molecule has 0 atom stereocenters. The molecule has 2 nitrogen and oxygen atoms in total. The lowest BCUT2D eigenvalue weighted by atomic mass is 10.0. The molecule has 24 heavy (non-hydrogen) atoms. The first-order valence-electron chi connectivity index (χ1n) is 9.67. The average molecular weight is 329 g/mol. The Morgan fingerprint density at radius 2 is 1.50 bits per heavy atom. The van der Waals surface area contributed by atoms with Gasteiger partial charge in [-0.15, -0.1) is 0 Å². The van der Waals surface area contributed by atoms with Crippen LogP contribution in [0.4, 0.5) is 0 Å². The number of hydrogen-bond donors (Lipinski definition) is 0. The van der Waals surface area contributed by atoms with Crippen LogP contribution >= 0.6 is 0 Å². The molecule has 0 radical (unpaired) electrons. The molecule has 0 N–H and O–H groups in total. The quantitative estimate of drug-likeness (QED) is 0.325. The van der Waals surface area contributed by atoms with Crippen LogP contribution < -0.4 is 0 Å². The van der Waals surface area contributed by atoms with E-state index < -0.39 is 0 Å². The van der Waals surface area contributed by atoms with Crippen LogP contribution in [0.5, 0.6) is 0 Å². The highest BCUT2D eigenvalue weighted by Gasteiger charge is 2.16. The summed E-state index contributed by atoms with van der Waals surface area (Å²) < 4.78 is 0. The Hall–Kier alpha value is -1.53. The van der Waals surface area contributed by atoms with Crippen LogP contribution in [-0.2, 0) is 0 Å². The molecule has 0 unspecified atom stereocenters. The van der Waals surface area contributed by atoms with Gasteiger partial charge in [-0.05, 0) is 18.4 Å². The van der Waals surface area contributed by atoms with Crippen molar-refractivity contribution in [2.24, 2.45) is 0 Å². The predicted octanol–water partition coefficient (Wildman–Crippen LogP) is 5.51. The van der Waals surface area contributed by atoms with E-state index in [1.54, 1.807) is 6.08 Å². The van der Waals surface area contributed by atoms with Gasteiger partial charge in [-0.25, -0.2) is 6.08 Å². The van der Waals surface area contributed by atoms with Crippen molar-refractivity contribution in [3.05, 3.63) is 47.9 Å². The number of hydrogen-bond acceptors (Lipinski definition) is 2. The molecule has 0 aromatic heterocycles. The lowest BCUT2D eigenvalue weighted by molar-refractivity contribution is 0.396. The molecule has 0 aromatic rings. The van der Waals surface area contributed by atoms with Crippen molar-refractivity contribution in [3.8, 4) is 0 Å². The SMILES string of the molecule is [CH-]=CC1=C(N(C)CCCCCC)C=[C+]C(N(C)CCCCCC)=C1. The van der Waals surface area contributed by atoms with Crippen molar-refractivity contribution in [3.63, 3.8) is 0 Å². The van der Waals surface area contributed by atoms with Crippen molar-refractivity contribution in [2.75, 3.05) is 27.2 Å². The summed E-state index contributed by atoms with van der Waals surface area (Å²) in [5.41, 5.74) is 3.41. The van der Waals surface area contributed by atoms with Crippen LogP contribution in [-0.4, -0.2) is 37.0 Å². The minimum absolute atomic E-state index is 1.07. The predicted molar refractivity (Wildman–Crippen MR) is 105 cm³/mol. The molecule has 0 amide bonds. The lowest BCUT2D eigenvalue weighted by Crippen LogP contribution is -2.23. The van der Waals surface area contributed by atoms with Crippen molar-refractivity contribution in [1.29, 1.82) is 0 Å². The second kappa shape index (κ2) is 11.9. The summed E-state index contributed by atoms with van der Waals surface area (Å²) in [4.78, 5) is 4.59. The fourth-order valence-electron chi connectivity index (χ4n) is 2.97. The summed E-state index contributed by atoms with van der Waals surface area (Å²) in [6.45, 7) is 12.5. The van der Waals surface area contributed by atoms with Crippen molar-refractivity contribution >= 4 is 0 Å². The van der Waals surface area contributed by atoms with E-state index in [0.717, 1.165) is 24.4 Å². The Balaban J connectivity index is 2.62. The highest BCUT2D eigenvalue weighted by atomic mass is 15.1. The van der Waals surface area contributed by atoms with E-state index in [9.17, 15) is 0 Å². The maximum absolute atomic E-state index is 5.89. The normalized spacial score (nSPS) is 13.6. The third kappa shape index (κ3) is 6.93. The molecule has 0 aliphatic heterocycles. The topological polar surface area (TPSA) is 6.48 Å². The first-order chi connectivity index (χ1) is 11.6. The summed E-state index contributed by atoms with van der Waals surface area (Å²) in [5, 5.41) is 0. The molecular weight excluding hydrogens is 292 g/mol. The molecule has 0 fully saturated rings. The number of unbranched alkanes of at least 4 members (excludes halogenated alkanes) is 6. The van der Waals surface area contributed by atoms with Crippen molar-refractivity contribution in [2.45, 2.75) is 65.2 Å². The molecule has 0 saturated carbocycles. The Labute approximate surface area is 150 Å². The highest BCUT2D eigenvalue weighted by molar-refractivity contribution is 5.45. The second-order valence-electron chi connectivity index (χ2n) is 6.79. The van der Waals surface area contributed by atoms with Gasteiger partial charge in [0.05, 0.1) is 11.8 Å². The van der Waals surface area contributed by atoms with Crippen LogP contribution in [0.3, 0.4) is 0 Å². The van der Waals surface area contributed by atoms with Crippen LogP contribution in [0.2, 0.25) is 0 Å². The van der Waals surface area contributed by atoms with E-state index in [4.69, 9.17) is 6.58 Å². The molecule has 1 rings (SSSR count). The van der Waals surface area contributed by atoms with Gasteiger partial charge in [-0.2, -0.15) is 0 Å². The molecule has 1 aliphatic rings. The largest absolute Gasteiger partial charge is 0.347 e. The van der Waals surface area contributed by atoms with Gasteiger partial charge < -0.3 is 9.80 Å². The maximum atomic E-state index is 5.89. The second-order valence-corrected chi connectivity index (χ2v) is 6.79. The van der Waals surface area contributed by atoms with E-state index in [0.29, 0.717) is 0 Å². The Bertz CT molecular complexity index is 457. The molecule has 134 valence electrons. The summed E-state index contributed by atoms with van der Waals surface area (Å²) in [6, 6.07) is 0. The zero-order valence-electron chi connectivity index (χ0n) is 16.3. The smallest absolute Gasteiger partial charge is 0.187 e. The van der Waals surface area contributed by atoms with E-state index >= 15 is 0 Å². The first kappa shape index (κ1) is 20.5. The standard InChI is InChI=1S/C22H36N2/c1-6-9-11-13-17-23(4)21-15-16-22(20(8-3)19-21)24(5)18-14-12-10-7-2/h3,8,16,19H,6-7,9-14,17-18H2,1-2,4-5H3. The van der Waals surface area contributed by atoms with Gasteiger partial charge in [0.15, 0.2) is 5.70 Å². The van der Waals surface area contributed by atoms with Crippen LogP contribution in [0.25, 0.3) is 0 Å². The highest BCUT2D eigenvalue weighted by Crippen LogP contribution is 2.22. The van der Waals surface area contributed by atoms with Gasteiger partial charge in [0.2, 0.25) is 0 Å². The molecule has 0 spiro atoms. The van der Waals surface area contributed by atoms with E-state index in [2.05, 4.69) is 56.0 Å². The van der Waals surface area contributed by atoms with Gasteiger partial charge in [-0.3, -0.25) is 6.58 Å². The number of nitrogens with zero attached hydrogens (tertiary/aromatic N) is 2. The van der Waals surface area contributed by atoms with Crippen molar-refractivity contribution in [1.82, 2.24) is 9.80 Å². The fraction of sp³-hybridized carbons (Fsp3) is 0.636. The molecule has 0 aromatic carbocycles. The molecule has 0 bridgehead atoms. The summed E-state index contributed by atoms with van der Waals surface area (Å²) in [5.74, 6) is 0. The Morgan fingerprint density at radius 3 is 2.04 bits per heavy atom. The van der Waals surface area contributed by atoms with Gasteiger partial charge in [0.1, 0.15) is 6.08 Å². The van der Waals surface area contributed by atoms with E-state index in [1.807, 2.05) is 0 Å². The minimum Gasteiger partial charge on any atom is -0.347 e. The zero-order valence-corrected chi connectivity index (χ0v) is 16.3. The number of likely N-dealkylation sites (N-methyl/N-ethyl adjacent to an activating group) is 2. The lowest BCUT2D eigenvalue weighted by Gasteiger charge is -2.24. The maximum Gasteiger partial charge on any atom is 0.187 e. The van der Waals surface area contributed by atoms with Gasteiger partial charge in [0, 0.05) is 33.3 Å². The van der Waals surface area contributed by atoms with Crippen LogP contribution in [0.1, 0.15) is 65.2 Å². The summed E-state index contributed by atoms with van der Waals surface area (Å²) in [6.07, 6.45) is 19.7. The average Bonchev–Trinajstić information content (AvgIpc) is 2.61. The molecular formula is C22H36N2. The third-order valence-electron chi connectivity index (χ3n) is 4.64. The first-order valence-corrected chi connectivity index (χ1v) is 9.67. The molecule has 0 heterocycles. The number of allylic oxidation sites excluding steroid dienone is 5. The summed E-state index contributed by atoms with van der Waals surface area (Å²) in [7, 11) is 4.29. The molecule has 1 aliphatic carbocycles. The van der Waals surface area contributed by atoms with E-state index in [1.165, 1.54) is 57.1 Å². The third-order valence-corrected chi connectivity index (χ3v) is 4.64. The Kier molecular flexibility index (Phi) is 10.2. The van der Waals surface area contributed by atoms with Gasteiger partial charge >= 0.3 is 0 Å². The minimum atomic E-state index is 1.07. The monoisotopic (exact) mass is 328 g/mol. The Morgan fingerprint density at radius 1 is 0.917 bits per heavy atom. The van der Waals surface area contributed by atoms with Gasteiger partial charge in [0.25, 0.3) is 0 Å². The number of rotatable bonds is 13. The molecule has 2 heteroatoms. The van der Waals surface area contributed by atoms with Crippen molar-refractivity contribution < 1.29 is 0 Å². The van der Waals surface area contributed by atoms with Crippen LogP contribution in [0.15, 0.2) is 35.2 Å².